The van der Waals surface area contributed by atoms with Crippen LogP contribution < -0.4 is 14.8 Å². The van der Waals surface area contributed by atoms with Crippen LogP contribution in [0, 0.1) is 5.82 Å². The number of aliphatic hydroxyl groups excluding tert-OH is 1. The molecule has 2 aliphatic rings. The number of amides is 1. The quantitative estimate of drug-likeness (QED) is 0.424. The van der Waals surface area contributed by atoms with Crippen molar-refractivity contribution in [3.63, 3.8) is 0 Å². The Hall–Kier alpha value is -3.30. The highest BCUT2D eigenvalue weighted by molar-refractivity contribution is 5.84. The smallest absolute Gasteiger partial charge is 0.324 e. The molecule has 2 atom stereocenters. The normalized spacial score (nSPS) is 17.4. The number of aliphatic hydroxyl groups is 1. The van der Waals surface area contributed by atoms with E-state index in [-0.39, 0.29) is 43.2 Å². The van der Waals surface area contributed by atoms with Crippen molar-refractivity contribution in [2.75, 3.05) is 32.8 Å². The fourth-order valence-electron chi connectivity index (χ4n) is 5.08. The number of alkyl halides is 2. The van der Waals surface area contributed by atoms with E-state index >= 15 is 8.78 Å². The summed E-state index contributed by atoms with van der Waals surface area (Å²) in [4.78, 5) is 14.8. The van der Waals surface area contributed by atoms with Crippen LogP contribution in [0.4, 0.5) is 13.2 Å². The molecule has 0 aromatic heterocycles. The zero-order valence-corrected chi connectivity index (χ0v) is 21.0. The highest BCUT2D eigenvalue weighted by Crippen LogP contribution is 2.36. The summed E-state index contributed by atoms with van der Waals surface area (Å²) >= 11 is 0. The third-order valence-corrected chi connectivity index (χ3v) is 7.19. The van der Waals surface area contributed by atoms with Crippen LogP contribution in [0.2, 0.25) is 0 Å². The topological polar surface area (TPSA) is 71.0 Å². The largest absolute Gasteiger partial charge is 0.486 e. The maximum absolute atomic E-state index is 15.0. The summed E-state index contributed by atoms with van der Waals surface area (Å²) in [5.74, 6) is -5.75. The lowest BCUT2D eigenvalue weighted by molar-refractivity contribution is -0.148. The zero-order valence-electron chi connectivity index (χ0n) is 21.0. The molecule has 0 unspecified atom stereocenters. The van der Waals surface area contributed by atoms with Crippen molar-refractivity contribution in [2.24, 2.45) is 0 Å². The second kappa shape index (κ2) is 11.2. The average Bonchev–Trinajstić information content (AvgIpc) is 3.44. The number of aryl methyl sites for hydroxylation is 1. The second-order valence-electron chi connectivity index (χ2n) is 9.95. The monoisotopic (exact) mass is 528 g/mol. The van der Waals surface area contributed by atoms with Crippen LogP contribution in [-0.2, 0) is 11.2 Å². The molecule has 2 N–H and O–H groups in total. The van der Waals surface area contributed by atoms with Crippen LogP contribution in [-0.4, -0.2) is 60.7 Å². The van der Waals surface area contributed by atoms with Crippen LogP contribution in [0.3, 0.4) is 0 Å². The Balaban J connectivity index is 1.30. The zero-order chi connectivity index (χ0) is 26.7. The number of nitrogens with zero attached hydrogens (tertiary/aromatic N) is 1. The first-order chi connectivity index (χ1) is 18.3. The number of rotatable bonds is 9. The Morgan fingerprint density at radius 1 is 1.03 bits per heavy atom. The van der Waals surface area contributed by atoms with Crippen molar-refractivity contribution >= 4 is 16.7 Å². The van der Waals surface area contributed by atoms with E-state index in [0.717, 1.165) is 42.8 Å². The Bertz CT molecular complexity index is 1300. The van der Waals surface area contributed by atoms with Crippen molar-refractivity contribution in [1.29, 1.82) is 0 Å². The van der Waals surface area contributed by atoms with Gasteiger partial charge in [0.15, 0.2) is 17.3 Å². The molecule has 202 valence electrons. The summed E-state index contributed by atoms with van der Waals surface area (Å²) < 4.78 is 55.5. The van der Waals surface area contributed by atoms with Gasteiger partial charge in [-0.3, -0.25) is 4.79 Å². The Labute approximate surface area is 219 Å². The van der Waals surface area contributed by atoms with Gasteiger partial charge in [0, 0.05) is 13.0 Å². The van der Waals surface area contributed by atoms with E-state index in [1.54, 1.807) is 6.07 Å². The van der Waals surface area contributed by atoms with Gasteiger partial charge in [0.05, 0.1) is 6.04 Å². The fourth-order valence-corrected chi connectivity index (χ4v) is 5.08. The van der Waals surface area contributed by atoms with E-state index in [2.05, 4.69) is 5.32 Å². The molecule has 1 fully saturated rings. The van der Waals surface area contributed by atoms with Gasteiger partial charge < -0.3 is 24.8 Å². The molecule has 0 spiro atoms. The molecule has 6 nitrogen and oxygen atoms in total. The van der Waals surface area contributed by atoms with Crippen molar-refractivity contribution in [2.45, 2.75) is 43.8 Å². The molecule has 38 heavy (non-hydrogen) atoms. The standard InChI is InChI=1S/C29H31F3N2O4/c30-23-16-22(17-25-27(23)38-14-13-37-25)26(35)24(18-34-11-3-4-12-34)33-28(36)29(31,32)10-9-19-7-8-20-5-1-2-6-21(20)15-19/h1-2,5-8,15-17,24,26,35H,3-4,9-14,18H2,(H,33,36)/t24-,26-/m1/s1. The molecule has 2 aliphatic heterocycles. The molecule has 5 rings (SSSR count). The molecule has 9 heteroatoms. The maximum atomic E-state index is 15.0. The number of likely N-dealkylation sites (tertiary alicyclic amines) is 1. The van der Waals surface area contributed by atoms with E-state index in [1.165, 1.54) is 6.07 Å². The molecule has 1 amide bonds. The number of ether oxygens (including phenoxy) is 2. The van der Waals surface area contributed by atoms with E-state index in [4.69, 9.17) is 9.47 Å². The molecular formula is C29H31F3N2O4. The van der Waals surface area contributed by atoms with E-state index in [9.17, 15) is 14.3 Å². The number of benzene rings is 3. The first-order valence-corrected chi connectivity index (χ1v) is 13.0. The van der Waals surface area contributed by atoms with E-state index in [1.807, 2.05) is 41.3 Å². The molecular weight excluding hydrogens is 497 g/mol. The summed E-state index contributed by atoms with van der Waals surface area (Å²) in [6.07, 6.45) is -0.212. The van der Waals surface area contributed by atoms with E-state index < -0.39 is 36.2 Å². The third-order valence-electron chi connectivity index (χ3n) is 7.19. The summed E-state index contributed by atoms with van der Waals surface area (Å²) in [5.41, 5.74) is 0.826. The highest BCUT2D eigenvalue weighted by Gasteiger charge is 2.41. The first kappa shape index (κ1) is 26.3. The summed E-state index contributed by atoms with van der Waals surface area (Å²) in [6.45, 7) is 2.04. The minimum absolute atomic E-state index is 0.0119. The third kappa shape index (κ3) is 5.89. The number of hydrogen-bond donors (Lipinski definition) is 2. The van der Waals surface area contributed by atoms with Gasteiger partial charge in [-0.2, -0.15) is 8.78 Å². The van der Waals surface area contributed by atoms with Crippen molar-refractivity contribution in [3.05, 3.63) is 71.5 Å². The molecule has 2 heterocycles. The Kier molecular flexibility index (Phi) is 7.76. The van der Waals surface area contributed by atoms with Crippen molar-refractivity contribution in [3.8, 4) is 11.5 Å². The predicted molar refractivity (Wildman–Crippen MR) is 137 cm³/mol. The van der Waals surface area contributed by atoms with Crippen LogP contribution >= 0.6 is 0 Å². The highest BCUT2D eigenvalue weighted by atomic mass is 19.3. The van der Waals surface area contributed by atoms with Crippen LogP contribution in [0.25, 0.3) is 10.8 Å². The van der Waals surface area contributed by atoms with Gasteiger partial charge in [-0.15, -0.1) is 0 Å². The SMILES string of the molecule is O=C(N[C@H](CN1CCCC1)[C@H](O)c1cc(F)c2c(c1)OCCO2)C(F)(F)CCc1ccc2ccccc2c1. The first-order valence-electron chi connectivity index (χ1n) is 13.0. The molecule has 0 radical (unpaired) electrons. The molecule has 0 aliphatic carbocycles. The van der Waals surface area contributed by atoms with Crippen LogP contribution in [0.1, 0.15) is 36.5 Å². The number of carbonyl (C=O) groups is 1. The van der Waals surface area contributed by atoms with Crippen LogP contribution in [0.15, 0.2) is 54.6 Å². The summed E-state index contributed by atoms with van der Waals surface area (Å²) in [7, 11) is 0. The number of fused-ring (bicyclic) bond motifs is 2. The molecule has 3 aromatic carbocycles. The van der Waals surface area contributed by atoms with Gasteiger partial charge in [-0.05, 0) is 66.4 Å². The molecule has 3 aromatic rings. The number of hydrogen-bond acceptors (Lipinski definition) is 5. The van der Waals surface area contributed by atoms with Gasteiger partial charge in [-0.1, -0.05) is 42.5 Å². The number of nitrogens with one attached hydrogen (secondary N) is 1. The lowest BCUT2D eigenvalue weighted by Gasteiger charge is -2.30. The molecule has 1 saturated heterocycles. The second-order valence-corrected chi connectivity index (χ2v) is 9.95. The average molecular weight is 529 g/mol. The fraction of sp³-hybridized carbons (Fsp3) is 0.414. The summed E-state index contributed by atoms with van der Waals surface area (Å²) in [6, 6.07) is 14.6. The van der Waals surface area contributed by atoms with Crippen molar-refractivity contribution in [1.82, 2.24) is 10.2 Å². The van der Waals surface area contributed by atoms with Crippen LogP contribution in [0.5, 0.6) is 11.5 Å². The van der Waals surface area contributed by atoms with Gasteiger partial charge in [-0.25, -0.2) is 4.39 Å². The maximum Gasteiger partial charge on any atom is 0.324 e. The molecule has 0 bridgehead atoms. The number of carbonyl (C=O) groups excluding carboxylic acids is 1. The predicted octanol–water partition coefficient (Wildman–Crippen LogP) is 4.63. The van der Waals surface area contributed by atoms with Gasteiger partial charge in [0.2, 0.25) is 0 Å². The minimum atomic E-state index is -3.66. The van der Waals surface area contributed by atoms with Crippen molar-refractivity contribution < 1.29 is 32.5 Å². The number of halogens is 3. The van der Waals surface area contributed by atoms with Gasteiger partial charge >= 0.3 is 5.92 Å². The Morgan fingerprint density at radius 3 is 2.55 bits per heavy atom. The molecule has 0 saturated carbocycles. The summed E-state index contributed by atoms with van der Waals surface area (Å²) in [5, 5.41) is 15.5. The Morgan fingerprint density at radius 2 is 1.76 bits per heavy atom. The lowest BCUT2D eigenvalue weighted by Crippen LogP contribution is -2.51. The minimum Gasteiger partial charge on any atom is -0.486 e. The van der Waals surface area contributed by atoms with Gasteiger partial charge in [0.25, 0.3) is 5.91 Å². The van der Waals surface area contributed by atoms with Gasteiger partial charge in [0.1, 0.15) is 19.3 Å². The lowest BCUT2D eigenvalue weighted by atomic mass is 9.99. The van der Waals surface area contributed by atoms with E-state index in [0.29, 0.717) is 5.56 Å².